The van der Waals surface area contributed by atoms with Crippen LogP contribution in [0.4, 0.5) is 0 Å². The molecule has 3 atom stereocenters. The van der Waals surface area contributed by atoms with Gasteiger partial charge in [-0.1, -0.05) is 30.3 Å². The average molecular weight is 272 g/mol. The van der Waals surface area contributed by atoms with Gasteiger partial charge in [0.05, 0.1) is 32.7 Å². The van der Waals surface area contributed by atoms with E-state index in [1.165, 1.54) is 0 Å². The Kier molecular flexibility index (Phi) is 3.07. The highest BCUT2D eigenvalue weighted by Gasteiger charge is 2.39. The molecule has 20 heavy (non-hydrogen) atoms. The summed E-state index contributed by atoms with van der Waals surface area (Å²) in [6, 6.07) is 9.71. The van der Waals surface area contributed by atoms with E-state index in [4.69, 9.17) is 0 Å². The van der Waals surface area contributed by atoms with Crippen LogP contribution in [-0.4, -0.2) is 77.7 Å². The van der Waals surface area contributed by atoms with Gasteiger partial charge in [0, 0.05) is 25.2 Å². The number of benzene rings is 1. The number of fused-ring (bicyclic) bond motifs is 2. The quantitative estimate of drug-likeness (QED) is 0.723. The van der Waals surface area contributed by atoms with Gasteiger partial charge < -0.3 is 0 Å². The molecule has 106 valence electrons. The van der Waals surface area contributed by atoms with Gasteiger partial charge in [-0.25, -0.2) is 0 Å². The van der Waals surface area contributed by atoms with Crippen LogP contribution in [0.1, 0.15) is 10.4 Å². The number of rotatable bonds is 2. The summed E-state index contributed by atoms with van der Waals surface area (Å²) < 4.78 is 0. The molecule has 0 aliphatic carbocycles. The Hall–Kier alpha value is -1.27. The number of carbonyl (C=O) groups is 1. The molecule has 5 heteroatoms. The summed E-state index contributed by atoms with van der Waals surface area (Å²) in [5.41, 5.74) is 0.837. The molecule has 4 fully saturated rings. The van der Waals surface area contributed by atoms with E-state index in [0.717, 1.165) is 51.9 Å². The van der Waals surface area contributed by atoms with Crippen LogP contribution in [0.15, 0.2) is 30.3 Å². The highest BCUT2D eigenvalue weighted by molar-refractivity contribution is 6.00. The van der Waals surface area contributed by atoms with Gasteiger partial charge in [-0.2, -0.15) is 0 Å². The van der Waals surface area contributed by atoms with Gasteiger partial charge in [-0.05, 0) is 0 Å². The highest BCUT2D eigenvalue weighted by atomic mass is 16.1. The highest BCUT2D eigenvalue weighted by Crippen LogP contribution is 2.22. The smallest absolute Gasteiger partial charge is 0.181 e. The zero-order valence-electron chi connectivity index (χ0n) is 11.6. The van der Waals surface area contributed by atoms with Gasteiger partial charge in [-0.3, -0.25) is 24.4 Å². The van der Waals surface area contributed by atoms with Crippen LogP contribution >= 0.6 is 0 Å². The topological polar surface area (TPSA) is 30.0 Å². The fourth-order valence-corrected chi connectivity index (χ4v) is 3.54. The van der Waals surface area contributed by atoms with Crippen molar-refractivity contribution < 1.29 is 4.79 Å². The third-order valence-corrected chi connectivity index (χ3v) is 4.53. The number of hydrogen-bond acceptors (Lipinski definition) is 5. The first-order valence-electron chi connectivity index (χ1n) is 7.30. The van der Waals surface area contributed by atoms with Gasteiger partial charge in [0.2, 0.25) is 0 Å². The van der Waals surface area contributed by atoms with Crippen LogP contribution in [0.5, 0.6) is 0 Å². The molecule has 0 saturated carbocycles. The lowest BCUT2D eigenvalue weighted by atomic mass is 10.0. The molecule has 4 heterocycles. The Bertz CT molecular complexity index is 490. The average Bonchev–Trinajstić information content (AvgIpc) is 2.91. The minimum Gasteiger partial charge on any atom is -0.292 e. The molecule has 0 amide bonds. The van der Waals surface area contributed by atoms with E-state index in [1.807, 2.05) is 30.3 Å². The zero-order valence-corrected chi connectivity index (χ0v) is 11.6. The van der Waals surface area contributed by atoms with E-state index in [9.17, 15) is 4.79 Å². The molecular weight excluding hydrogens is 252 g/mol. The third kappa shape index (κ3) is 2.16. The summed E-state index contributed by atoms with van der Waals surface area (Å²) in [6.45, 7) is 6.88. The Morgan fingerprint density at radius 3 is 2.20 bits per heavy atom. The van der Waals surface area contributed by atoms with E-state index in [-0.39, 0.29) is 11.8 Å². The molecule has 4 aliphatic heterocycles. The molecule has 1 aromatic carbocycles. The van der Waals surface area contributed by atoms with E-state index < -0.39 is 0 Å². The molecular formula is C15H20N4O. The molecule has 0 radical (unpaired) electrons. The molecule has 4 bridgehead atoms. The number of nitrogens with zero attached hydrogens (tertiary/aromatic N) is 4. The summed E-state index contributed by atoms with van der Waals surface area (Å²) in [5, 5.41) is 0. The predicted octanol–water partition coefficient (Wildman–Crippen LogP) is 0.317. The summed E-state index contributed by atoms with van der Waals surface area (Å²) in [4.78, 5) is 22.5. The molecule has 5 nitrogen and oxygen atoms in total. The van der Waals surface area contributed by atoms with Crippen molar-refractivity contribution in [1.29, 1.82) is 0 Å². The lowest BCUT2D eigenvalue weighted by molar-refractivity contribution is 0.0585. The van der Waals surface area contributed by atoms with E-state index in [1.54, 1.807) is 0 Å². The van der Waals surface area contributed by atoms with E-state index >= 15 is 0 Å². The number of Topliss-reactive ketones (excluding diaryl/α,β-unsaturated/α-hetero) is 1. The monoisotopic (exact) mass is 272 g/mol. The normalized spacial score (nSPS) is 39.3. The minimum absolute atomic E-state index is 0.00880. The minimum atomic E-state index is -0.00880. The molecule has 0 spiro atoms. The molecule has 4 saturated heterocycles. The van der Waals surface area contributed by atoms with Gasteiger partial charge in [0.1, 0.15) is 0 Å². The van der Waals surface area contributed by atoms with Crippen molar-refractivity contribution in [3.8, 4) is 0 Å². The second kappa shape index (κ2) is 4.93. The van der Waals surface area contributed by atoms with Crippen molar-refractivity contribution in [2.75, 3.05) is 46.3 Å². The fourth-order valence-electron chi connectivity index (χ4n) is 3.54. The molecule has 5 rings (SSSR count). The van der Waals surface area contributed by atoms with Gasteiger partial charge >= 0.3 is 0 Å². The molecule has 0 aromatic heterocycles. The van der Waals surface area contributed by atoms with Crippen molar-refractivity contribution in [2.45, 2.75) is 6.04 Å². The second-order valence-corrected chi connectivity index (χ2v) is 6.04. The lowest BCUT2D eigenvalue weighted by Crippen LogP contribution is -2.47. The molecule has 1 aromatic rings. The van der Waals surface area contributed by atoms with Gasteiger partial charge in [-0.15, -0.1) is 0 Å². The van der Waals surface area contributed by atoms with Crippen LogP contribution in [0.2, 0.25) is 0 Å². The Morgan fingerprint density at radius 2 is 1.55 bits per heavy atom. The Morgan fingerprint density at radius 1 is 0.900 bits per heavy atom. The van der Waals surface area contributed by atoms with Crippen molar-refractivity contribution in [2.24, 2.45) is 0 Å². The maximum Gasteiger partial charge on any atom is 0.181 e. The summed E-state index contributed by atoms with van der Waals surface area (Å²) in [5.74, 6) is 0.265. The standard InChI is InChI=1S/C15H20N4O/c20-15(13-4-2-1-3-5-13)14-8-18-9-16-6-7-17(10-18)12-19(14)11-16/h1-5,14H,6-12H2. The van der Waals surface area contributed by atoms with E-state index in [0.29, 0.717) is 0 Å². The molecule has 0 N–H and O–H groups in total. The lowest BCUT2D eigenvalue weighted by Gasteiger charge is -2.30. The zero-order chi connectivity index (χ0) is 13.5. The Balaban J connectivity index is 1.64. The first-order valence-corrected chi connectivity index (χ1v) is 7.30. The van der Waals surface area contributed by atoms with Crippen LogP contribution < -0.4 is 0 Å². The first kappa shape index (κ1) is 12.5. The van der Waals surface area contributed by atoms with Gasteiger partial charge in [0.25, 0.3) is 0 Å². The largest absolute Gasteiger partial charge is 0.292 e. The van der Waals surface area contributed by atoms with Crippen LogP contribution in [-0.2, 0) is 0 Å². The van der Waals surface area contributed by atoms with Crippen LogP contribution in [0.3, 0.4) is 0 Å². The summed E-state index contributed by atoms with van der Waals surface area (Å²) >= 11 is 0. The summed E-state index contributed by atoms with van der Waals surface area (Å²) in [7, 11) is 0. The fraction of sp³-hybridized carbons (Fsp3) is 0.533. The third-order valence-electron chi connectivity index (χ3n) is 4.53. The number of carbonyl (C=O) groups excluding carboxylic acids is 1. The molecule has 4 aliphatic rings. The van der Waals surface area contributed by atoms with Crippen LogP contribution in [0, 0.1) is 0 Å². The summed E-state index contributed by atoms with van der Waals surface area (Å²) in [6.07, 6.45) is 0. The first-order chi connectivity index (χ1) is 9.79. The maximum atomic E-state index is 12.8. The Labute approximate surface area is 119 Å². The van der Waals surface area contributed by atoms with Crippen molar-refractivity contribution in [1.82, 2.24) is 19.6 Å². The number of ketones is 1. The van der Waals surface area contributed by atoms with Crippen molar-refractivity contribution in [3.05, 3.63) is 35.9 Å². The van der Waals surface area contributed by atoms with E-state index in [2.05, 4.69) is 19.6 Å². The number of hydrogen-bond donors (Lipinski definition) is 0. The second-order valence-electron chi connectivity index (χ2n) is 6.04. The molecule has 3 unspecified atom stereocenters. The predicted molar refractivity (Wildman–Crippen MR) is 76.0 cm³/mol. The van der Waals surface area contributed by atoms with Crippen LogP contribution in [0.25, 0.3) is 0 Å². The maximum absolute atomic E-state index is 12.8. The van der Waals surface area contributed by atoms with Crippen molar-refractivity contribution >= 4 is 5.78 Å². The van der Waals surface area contributed by atoms with Gasteiger partial charge in [0.15, 0.2) is 5.78 Å². The van der Waals surface area contributed by atoms with Crippen molar-refractivity contribution in [3.63, 3.8) is 0 Å². The SMILES string of the molecule is O=C(c1ccccc1)C1CN2CN3CCN(C2)CN1C3.